The molecule has 2 aromatic rings. The van der Waals surface area contributed by atoms with Crippen LogP contribution in [0, 0.1) is 0 Å². The number of anilines is 1. The van der Waals surface area contributed by atoms with Crippen molar-refractivity contribution in [3.05, 3.63) is 12.7 Å². The van der Waals surface area contributed by atoms with E-state index >= 15 is 0 Å². The number of rotatable bonds is 4. The van der Waals surface area contributed by atoms with Gasteiger partial charge in [-0.15, -0.1) is 0 Å². The number of fused-ring (bicyclic) bond motifs is 1. The molecule has 2 aliphatic heterocycles. The van der Waals surface area contributed by atoms with Crippen molar-refractivity contribution in [1.29, 1.82) is 0 Å². The Morgan fingerprint density at radius 3 is 2.95 bits per heavy atom. The number of aromatic amines is 1. The Bertz CT molecular complexity index is 638. The lowest BCUT2D eigenvalue weighted by Crippen LogP contribution is -2.40. The molecule has 2 atom stereocenters. The van der Waals surface area contributed by atoms with Crippen molar-refractivity contribution in [3.63, 3.8) is 0 Å². The molecule has 0 bridgehead atoms. The van der Waals surface area contributed by atoms with Crippen LogP contribution in [0.25, 0.3) is 11.2 Å². The number of nitrogens with zero attached hydrogens (tertiary/aromatic N) is 5. The molecule has 2 fully saturated rings. The van der Waals surface area contributed by atoms with E-state index in [2.05, 4.69) is 29.7 Å². The van der Waals surface area contributed by atoms with Gasteiger partial charge in [-0.25, -0.2) is 15.0 Å². The fraction of sp³-hybridized carbons (Fsp3) is 0.667. The highest BCUT2D eigenvalue weighted by molar-refractivity contribution is 5.83. The molecule has 0 aliphatic carbocycles. The number of hydrogen-bond acceptors (Lipinski definition) is 6. The third-order valence-corrected chi connectivity index (χ3v) is 4.85. The fourth-order valence-corrected chi connectivity index (χ4v) is 3.71. The standard InChI is InChI=1S/C15H22N6O/c1-22-12-6-11(7-20-4-2-3-5-20)21(8-12)15-13-14(17-9-16-13)18-10-19-15/h9-12H,2-8H2,1H3,(H,16,17,18,19)/t11-,12-/m0/s1. The number of H-pyrrole nitrogens is 1. The summed E-state index contributed by atoms with van der Waals surface area (Å²) in [5.41, 5.74) is 1.65. The van der Waals surface area contributed by atoms with E-state index in [1.54, 1.807) is 19.8 Å². The number of nitrogens with one attached hydrogen (secondary N) is 1. The normalized spacial score (nSPS) is 26.3. The Morgan fingerprint density at radius 1 is 1.27 bits per heavy atom. The summed E-state index contributed by atoms with van der Waals surface area (Å²) in [6.07, 6.45) is 7.23. The summed E-state index contributed by atoms with van der Waals surface area (Å²) in [7, 11) is 1.80. The zero-order valence-corrected chi connectivity index (χ0v) is 12.9. The number of aromatic nitrogens is 4. The molecule has 0 radical (unpaired) electrons. The van der Waals surface area contributed by atoms with Gasteiger partial charge in [0.05, 0.1) is 12.4 Å². The molecule has 2 saturated heterocycles. The third kappa shape index (κ3) is 2.44. The first-order chi connectivity index (χ1) is 10.8. The van der Waals surface area contributed by atoms with Gasteiger partial charge in [0, 0.05) is 26.2 Å². The predicted molar refractivity (Wildman–Crippen MR) is 83.9 cm³/mol. The molecule has 118 valence electrons. The van der Waals surface area contributed by atoms with Gasteiger partial charge in [0.15, 0.2) is 11.5 Å². The zero-order chi connectivity index (χ0) is 14.9. The van der Waals surface area contributed by atoms with Crippen LogP contribution in [-0.2, 0) is 4.74 Å². The van der Waals surface area contributed by atoms with Gasteiger partial charge in [-0.05, 0) is 32.4 Å². The van der Waals surface area contributed by atoms with Crippen LogP contribution in [0.1, 0.15) is 19.3 Å². The second-order valence-corrected chi connectivity index (χ2v) is 6.21. The Morgan fingerprint density at radius 2 is 2.14 bits per heavy atom. The van der Waals surface area contributed by atoms with Gasteiger partial charge in [0.25, 0.3) is 0 Å². The maximum Gasteiger partial charge on any atom is 0.182 e. The van der Waals surface area contributed by atoms with Crippen LogP contribution in [0.4, 0.5) is 5.82 Å². The Balaban J connectivity index is 1.63. The Labute approximate surface area is 129 Å². The lowest BCUT2D eigenvalue weighted by Gasteiger charge is -2.29. The van der Waals surface area contributed by atoms with Gasteiger partial charge >= 0.3 is 0 Å². The second-order valence-electron chi connectivity index (χ2n) is 6.21. The number of likely N-dealkylation sites (tertiary alicyclic amines) is 1. The molecular weight excluding hydrogens is 280 g/mol. The van der Waals surface area contributed by atoms with E-state index in [9.17, 15) is 0 Å². The van der Waals surface area contributed by atoms with Crippen molar-refractivity contribution in [2.45, 2.75) is 31.4 Å². The molecule has 4 rings (SSSR count). The van der Waals surface area contributed by atoms with Gasteiger partial charge in [-0.3, -0.25) is 0 Å². The Hall–Kier alpha value is -1.73. The summed E-state index contributed by atoms with van der Waals surface area (Å²) < 4.78 is 5.62. The van der Waals surface area contributed by atoms with Gasteiger partial charge in [-0.2, -0.15) is 0 Å². The molecular formula is C15H22N6O. The van der Waals surface area contributed by atoms with E-state index in [4.69, 9.17) is 4.74 Å². The highest BCUT2D eigenvalue weighted by atomic mass is 16.5. The van der Waals surface area contributed by atoms with E-state index < -0.39 is 0 Å². The van der Waals surface area contributed by atoms with Gasteiger partial charge in [0.1, 0.15) is 11.8 Å². The number of ether oxygens (including phenoxy) is 1. The van der Waals surface area contributed by atoms with E-state index in [-0.39, 0.29) is 6.10 Å². The van der Waals surface area contributed by atoms with Crippen LogP contribution in [0.15, 0.2) is 12.7 Å². The van der Waals surface area contributed by atoms with E-state index in [1.165, 1.54) is 25.9 Å². The minimum Gasteiger partial charge on any atom is -0.380 e. The fourth-order valence-electron chi connectivity index (χ4n) is 3.71. The summed E-state index contributed by atoms with van der Waals surface area (Å²) in [6, 6.07) is 0.435. The van der Waals surface area contributed by atoms with E-state index in [1.807, 2.05) is 0 Å². The minimum absolute atomic E-state index is 0.264. The smallest absolute Gasteiger partial charge is 0.182 e. The summed E-state index contributed by atoms with van der Waals surface area (Å²) >= 11 is 0. The van der Waals surface area contributed by atoms with Crippen LogP contribution < -0.4 is 4.90 Å². The maximum absolute atomic E-state index is 5.62. The molecule has 4 heterocycles. The topological polar surface area (TPSA) is 70.2 Å². The van der Waals surface area contributed by atoms with Gasteiger partial charge in [0.2, 0.25) is 0 Å². The van der Waals surface area contributed by atoms with Crippen LogP contribution in [0.2, 0.25) is 0 Å². The highest BCUT2D eigenvalue weighted by Gasteiger charge is 2.35. The van der Waals surface area contributed by atoms with Crippen molar-refractivity contribution < 1.29 is 4.74 Å². The zero-order valence-electron chi connectivity index (χ0n) is 12.9. The van der Waals surface area contributed by atoms with E-state index in [0.717, 1.165) is 36.5 Å². The van der Waals surface area contributed by atoms with Crippen LogP contribution in [0.5, 0.6) is 0 Å². The molecule has 7 nitrogen and oxygen atoms in total. The number of methoxy groups -OCH3 is 1. The average Bonchev–Trinajstić information content (AvgIpc) is 3.27. The molecule has 2 aromatic heterocycles. The monoisotopic (exact) mass is 302 g/mol. The lowest BCUT2D eigenvalue weighted by atomic mass is 10.2. The molecule has 0 saturated carbocycles. The molecule has 7 heteroatoms. The summed E-state index contributed by atoms with van der Waals surface area (Å²) in [4.78, 5) is 21.1. The number of hydrogen-bond donors (Lipinski definition) is 1. The minimum atomic E-state index is 0.264. The van der Waals surface area contributed by atoms with Crippen molar-refractivity contribution in [3.8, 4) is 0 Å². The first-order valence-corrected chi connectivity index (χ1v) is 8.01. The van der Waals surface area contributed by atoms with Gasteiger partial charge in [-0.1, -0.05) is 0 Å². The molecule has 0 aromatic carbocycles. The largest absolute Gasteiger partial charge is 0.380 e. The maximum atomic E-state index is 5.62. The molecule has 0 amide bonds. The third-order valence-electron chi connectivity index (χ3n) is 4.85. The molecule has 0 unspecified atom stereocenters. The lowest BCUT2D eigenvalue weighted by molar-refractivity contribution is 0.116. The number of imidazole rings is 1. The first kappa shape index (κ1) is 13.9. The van der Waals surface area contributed by atoms with Crippen LogP contribution in [-0.4, -0.2) is 70.3 Å². The predicted octanol–water partition coefficient (Wildman–Crippen LogP) is 1.04. The van der Waals surface area contributed by atoms with Crippen LogP contribution in [0.3, 0.4) is 0 Å². The SMILES string of the molecule is CO[C@H]1C[C@@H](CN2CCCC2)N(c2ncnc3nc[nH]c23)C1. The van der Waals surface area contributed by atoms with Gasteiger partial charge < -0.3 is 19.5 Å². The van der Waals surface area contributed by atoms with Crippen molar-refractivity contribution >= 4 is 17.0 Å². The van der Waals surface area contributed by atoms with Crippen molar-refractivity contribution in [1.82, 2.24) is 24.8 Å². The molecule has 0 spiro atoms. The molecule has 1 N–H and O–H groups in total. The molecule has 22 heavy (non-hydrogen) atoms. The summed E-state index contributed by atoms with van der Waals surface area (Å²) in [5.74, 6) is 0.950. The summed E-state index contributed by atoms with van der Waals surface area (Å²) in [6.45, 7) is 4.39. The Kier molecular flexibility index (Phi) is 3.67. The van der Waals surface area contributed by atoms with E-state index in [0.29, 0.717) is 6.04 Å². The highest BCUT2D eigenvalue weighted by Crippen LogP contribution is 2.30. The van der Waals surface area contributed by atoms with Crippen molar-refractivity contribution in [2.24, 2.45) is 0 Å². The average molecular weight is 302 g/mol. The van der Waals surface area contributed by atoms with Crippen LogP contribution >= 0.6 is 0 Å². The quantitative estimate of drug-likeness (QED) is 0.910. The first-order valence-electron chi connectivity index (χ1n) is 8.01. The summed E-state index contributed by atoms with van der Waals surface area (Å²) in [5, 5.41) is 0. The second kappa shape index (κ2) is 5.81. The van der Waals surface area contributed by atoms with Crippen molar-refractivity contribution in [2.75, 3.05) is 38.2 Å². The molecule has 2 aliphatic rings.